The standard InChI is InChI=1S/C10H24N2O3S/c1-6-10(5,7-8-13)12-16(14,15)11-9(2,3)4/h11-13H,6-8H2,1-5H3. The van der Waals surface area contributed by atoms with E-state index in [2.05, 4.69) is 9.44 Å². The summed E-state index contributed by atoms with van der Waals surface area (Å²) < 4.78 is 28.7. The van der Waals surface area contributed by atoms with E-state index in [1.165, 1.54) is 0 Å². The van der Waals surface area contributed by atoms with Crippen LogP contribution in [0.25, 0.3) is 0 Å². The lowest BCUT2D eigenvalue weighted by molar-refractivity contribution is 0.232. The number of rotatable bonds is 6. The van der Waals surface area contributed by atoms with E-state index < -0.39 is 21.3 Å². The van der Waals surface area contributed by atoms with Crippen molar-refractivity contribution in [3.63, 3.8) is 0 Å². The highest BCUT2D eigenvalue weighted by Gasteiger charge is 2.29. The van der Waals surface area contributed by atoms with Gasteiger partial charge in [0.2, 0.25) is 0 Å². The first-order chi connectivity index (χ1) is 7.04. The van der Waals surface area contributed by atoms with E-state index in [1.807, 2.05) is 6.92 Å². The van der Waals surface area contributed by atoms with Crippen LogP contribution in [0.3, 0.4) is 0 Å². The largest absolute Gasteiger partial charge is 0.396 e. The van der Waals surface area contributed by atoms with Crippen molar-refractivity contribution in [2.45, 2.75) is 58.5 Å². The van der Waals surface area contributed by atoms with Crippen molar-refractivity contribution in [3.05, 3.63) is 0 Å². The molecule has 0 spiro atoms. The van der Waals surface area contributed by atoms with Crippen LogP contribution >= 0.6 is 0 Å². The minimum Gasteiger partial charge on any atom is -0.396 e. The molecule has 0 aromatic heterocycles. The van der Waals surface area contributed by atoms with Crippen molar-refractivity contribution in [1.29, 1.82) is 0 Å². The Hall–Kier alpha value is -0.170. The summed E-state index contributed by atoms with van der Waals surface area (Å²) in [5, 5.41) is 8.91. The minimum absolute atomic E-state index is 0.0393. The Morgan fingerprint density at radius 1 is 1.12 bits per heavy atom. The molecule has 1 unspecified atom stereocenters. The zero-order valence-corrected chi connectivity index (χ0v) is 11.6. The second-order valence-electron chi connectivity index (χ2n) is 5.35. The topological polar surface area (TPSA) is 78.4 Å². The number of nitrogens with one attached hydrogen (secondary N) is 2. The van der Waals surface area contributed by atoms with E-state index in [0.29, 0.717) is 12.8 Å². The van der Waals surface area contributed by atoms with Crippen molar-refractivity contribution in [2.75, 3.05) is 6.61 Å². The molecule has 0 aliphatic carbocycles. The molecule has 98 valence electrons. The number of aliphatic hydroxyl groups is 1. The molecular weight excluding hydrogens is 228 g/mol. The Morgan fingerprint density at radius 2 is 1.62 bits per heavy atom. The molecule has 0 heterocycles. The first-order valence-corrected chi connectivity index (χ1v) is 6.96. The quantitative estimate of drug-likeness (QED) is 0.653. The Bertz CT molecular complexity index is 309. The molecule has 3 N–H and O–H groups in total. The molecule has 0 radical (unpaired) electrons. The fraction of sp³-hybridized carbons (Fsp3) is 1.00. The molecule has 0 saturated heterocycles. The zero-order valence-electron chi connectivity index (χ0n) is 10.8. The Kier molecular flexibility index (Phi) is 5.38. The van der Waals surface area contributed by atoms with Crippen molar-refractivity contribution in [3.8, 4) is 0 Å². The molecule has 16 heavy (non-hydrogen) atoms. The second kappa shape index (κ2) is 5.44. The van der Waals surface area contributed by atoms with E-state index >= 15 is 0 Å². The Labute approximate surface area is 98.8 Å². The lowest BCUT2D eigenvalue weighted by Crippen LogP contribution is -2.54. The molecule has 0 fully saturated rings. The number of hydrogen-bond donors (Lipinski definition) is 3. The molecular formula is C10H24N2O3S. The van der Waals surface area contributed by atoms with Crippen LogP contribution in [0.4, 0.5) is 0 Å². The average molecular weight is 252 g/mol. The van der Waals surface area contributed by atoms with E-state index in [1.54, 1.807) is 27.7 Å². The van der Waals surface area contributed by atoms with Gasteiger partial charge in [0.1, 0.15) is 0 Å². The third-order valence-electron chi connectivity index (χ3n) is 2.27. The summed E-state index contributed by atoms with van der Waals surface area (Å²) in [6.07, 6.45) is 1.02. The summed E-state index contributed by atoms with van der Waals surface area (Å²) in [7, 11) is -3.54. The first-order valence-electron chi connectivity index (χ1n) is 5.47. The maximum atomic E-state index is 11.8. The maximum Gasteiger partial charge on any atom is 0.277 e. The lowest BCUT2D eigenvalue weighted by atomic mass is 9.97. The van der Waals surface area contributed by atoms with E-state index in [0.717, 1.165) is 0 Å². The first kappa shape index (κ1) is 15.8. The van der Waals surface area contributed by atoms with Crippen LogP contribution in [0.1, 0.15) is 47.5 Å². The summed E-state index contributed by atoms with van der Waals surface area (Å²) in [6.45, 7) is 8.97. The van der Waals surface area contributed by atoms with Gasteiger partial charge in [0, 0.05) is 17.7 Å². The van der Waals surface area contributed by atoms with Gasteiger partial charge >= 0.3 is 0 Å². The molecule has 0 aliphatic heterocycles. The number of aliphatic hydroxyl groups excluding tert-OH is 1. The third-order valence-corrected chi connectivity index (χ3v) is 3.91. The molecule has 0 bridgehead atoms. The van der Waals surface area contributed by atoms with Gasteiger partial charge in [-0.3, -0.25) is 0 Å². The Balaban J connectivity index is 4.68. The van der Waals surface area contributed by atoms with Crippen LogP contribution in [-0.2, 0) is 10.2 Å². The van der Waals surface area contributed by atoms with Gasteiger partial charge in [-0.1, -0.05) is 6.92 Å². The highest BCUT2D eigenvalue weighted by atomic mass is 32.2. The smallest absolute Gasteiger partial charge is 0.277 e. The van der Waals surface area contributed by atoms with Crippen molar-refractivity contribution >= 4 is 10.2 Å². The zero-order chi connectivity index (χ0) is 13.0. The van der Waals surface area contributed by atoms with Gasteiger partial charge in [-0.15, -0.1) is 0 Å². The monoisotopic (exact) mass is 252 g/mol. The van der Waals surface area contributed by atoms with Crippen molar-refractivity contribution < 1.29 is 13.5 Å². The van der Waals surface area contributed by atoms with Crippen molar-refractivity contribution in [1.82, 2.24) is 9.44 Å². The molecule has 1 atom stereocenters. The van der Waals surface area contributed by atoms with Crippen LogP contribution in [0.2, 0.25) is 0 Å². The van der Waals surface area contributed by atoms with Gasteiger partial charge in [0.05, 0.1) is 0 Å². The predicted molar refractivity (Wildman–Crippen MR) is 65.3 cm³/mol. The van der Waals surface area contributed by atoms with Gasteiger partial charge in [-0.2, -0.15) is 17.9 Å². The fourth-order valence-corrected chi connectivity index (χ4v) is 3.05. The third kappa shape index (κ3) is 6.42. The van der Waals surface area contributed by atoms with Crippen LogP contribution in [-0.4, -0.2) is 31.2 Å². The summed E-state index contributed by atoms with van der Waals surface area (Å²) >= 11 is 0. The van der Waals surface area contributed by atoms with Gasteiger partial charge in [-0.05, 0) is 40.5 Å². The van der Waals surface area contributed by atoms with Gasteiger partial charge < -0.3 is 5.11 Å². The summed E-state index contributed by atoms with van der Waals surface area (Å²) in [5.74, 6) is 0. The van der Waals surface area contributed by atoms with Crippen LogP contribution < -0.4 is 9.44 Å². The Morgan fingerprint density at radius 3 is 1.94 bits per heavy atom. The molecule has 6 heteroatoms. The number of hydrogen-bond acceptors (Lipinski definition) is 3. The molecule has 0 rings (SSSR count). The van der Waals surface area contributed by atoms with E-state index in [4.69, 9.17) is 5.11 Å². The molecule has 5 nitrogen and oxygen atoms in total. The molecule has 0 aromatic carbocycles. The average Bonchev–Trinajstić information content (AvgIpc) is 1.98. The summed E-state index contributed by atoms with van der Waals surface area (Å²) in [6, 6.07) is 0. The summed E-state index contributed by atoms with van der Waals surface area (Å²) in [4.78, 5) is 0. The molecule has 0 aromatic rings. The maximum absolute atomic E-state index is 11.8. The fourth-order valence-electron chi connectivity index (χ4n) is 1.30. The summed E-state index contributed by atoms with van der Waals surface area (Å²) in [5.41, 5.74) is -1.12. The lowest BCUT2D eigenvalue weighted by Gasteiger charge is -2.30. The second-order valence-corrected chi connectivity index (χ2v) is 6.76. The van der Waals surface area contributed by atoms with Gasteiger partial charge in [0.15, 0.2) is 0 Å². The minimum atomic E-state index is -3.54. The van der Waals surface area contributed by atoms with Crippen LogP contribution in [0.15, 0.2) is 0 Å². The normalized spacial score (nSPS) is 17.1. The van der Waals surface area contributed by atoms with E-state index in [9.17, 15) is 8.42 Å². The SMILES string of the molecule is CCC(C)(CCO)NS(=O)(=O)NC(C)(C)C. The predicted octanol–water partition coefficient (Wildman–Crippen LogP) is 0.760. The van der Waals surface area contributed by atoms with Crippen LogP contribution in [0, 0.1) is 0 Å². The highest BCUT2D eigenvalue weighted by molar-refractivity contribution is 7.87. The van der Waals surface area contributed by atoms with Crippen LogP contribution in [0.5, 0.6) is 0 Å². The molecule has 0 aliphatic rings. The molecule has 0 saturated carbocycles. The van der Waals surface area contributed by atoms with Gasteiger partial charge in [0.25, 0.3) is 10.2 Å². The molecule has 0 amide bonds. The van der Waals surface area contributed by atoms with Gasteiger partial charge in [-0.25, -0.2) is 0 Å². The highest BCUT2D eigenvalue weighted by Crippen LogP contribution is 2.15. The van der Waals surface area contributed by atoms with E-state index in [-0.39, 0.29) is 6.61 Å². The van der Waals surface area contributed by atoms with Crippen molar-refractivity contribution in [2.24, 2.45) is 0 Å².